The van der Waals surface area contributed by atoms with Gasteiger partial charge in [-0.1, -0.05) is 24.3 Å². The number of carbonyl (C=O) groups excluding carboxylic acids is 2. The lowest BCUT2D eigenvalue weighted by Gasteiger charge is -2.07. The highest BCUT2D eigenvalue weighted by Crippen LogP contribution is 2.27. The third kappa shape index (κ3) is 6.42. The van der Waals surface area contributed by atoms with Crippen LogP contribution >= 0.6 is 0 Å². The van der Waals surface area contributed by atoms with Crippen LogP contribution in [-0.4, -0.2) is 39.2 Å². The molecule has 2 aromatic carbocycles. The summed E-state index contributed by atoms with van der Waals surface area (Å²) in [6.07, 6.45) is 3.11. The lowest BCUT2D eigenvalue weighted by Crippen LogP contribution is -2.30. The zero-order valence-electron chi connectivity index (χ0n) is 15.7. The maximum atomic E-state index is 13.5. The van der Waals surface area contributed by atoms with Crippen molar-refractivity contribution in [2.75, 3.05) is 27.4 Å². The third-order valence-corrected chi connectivity index (χ3v) is 3.84. The van der Waals surface area contributed by atoms with E-state index in [1.54, 1.807) is 42.5 Å². The molecule has 6 nitrogen and oxygen atoms in total. The Kier molecular flexibility index (Phi) is 8.02. The van der Waals surface area contributed by atoms with Crippen LogP contribution in [0.4, 0.5) is 4.39 Å². The number of hydrogen-bond donors (Lipinski definition) is 1. The van der Waals surface area contributed by atoms with Gasteiger partial charge < -0.3 is 19.5 Å². The van der Waals surface area contributed by atoms with Gasteiger partial charge in [-0.25, -0.2) is 9.18 Å². The molecule has 28 heavy (non-hydrogen) atoms. The number of ether oxygens (including phenoxy) is 3. The Morgan fingerprint density at radius 3 is 2.54 bits per heavy atom. The topological polar surface area (TPSA) is 73.9 Å². The fourth-order valence-electron chi connectivity index (χ4n) is 2.39. The first-order valence-electron chi connectivity index (χ1n) is 8.60. The molecule has 0 heterocycles. The van der Waals surface area contributed by atoms with Crippen molar-refractivity contribution in [2.45, 2.75) is 6.42 Å². The molecule has 0 aliphatic rings. The van der Waals surface area contributed by atoms with Gasteiger partial charge in [-0.2, -0.15) is 0 Å². The fourth-order valence-corrected chi connectivity index (χ4v) is 2.39. The van der Waals surface area contributed by atoms with Gasteiger partial charge in [0.25, 0.3) is 5.91 Å². The number of esters is 1. The van der Waals surface area contributed by atoms with Gasteiger partial charge in [0.15, 0.2) is 18.1 Å². The molecule has 0 aromatic heterocycles. The number of benzene rings is 2. The van der Waals surface area contributed by atoms with Crippen molar-refractivity contribution in [3.8, 4) is 11.5 Å². The predicted octanol–water partition coefficient (Wildman–Crippen LogP) is 2.76. The molecule has 1 N–H and O–H groups in total. The van der Waals surface area contributed by atoms with E-state index >= 15 is 0 Å². The molecule has 0 spiro atoms. The van der Waals surface area contributed by atoms with E-state index in [0.717, 1.165) is 0 Å². The smallest absolute Gasteiger partial charge is 0.331 e. The molecular formula is C21H22FNO5. The Labute approximate surface area is 162 Å². The van der Waals surface area contributed by atoms with Crippen LogP contribution in [0.3, 0.4) is 0 Å². The van der Waals surface area contributed by atoms with Crippen molar-refractivity contribution in [3.63, 3.8) is 0 Å². The van der Waals surface area contributed by atoms with Crippen LogP contribution in [0, 0.1) is 5.82 Å². The normalized spacial score (nSPS) is 10.5. The molecule has 2 rings (SSSR count). The highest BCUT2D eigenvalue weighted by Gasteiger charge is 2.07. The van der Waals surface area contributed by atoms with E-state index in [9.17, 15) is 14.0 Å². The Hall–Kier alpha value is -3.35. The van der Waals surface area contributed by atoms with Crippen molar-refractivity contribution in [2.24, 2.45) is 0 Å². The van der Waals surface area contributed by atoms with Crippen molar-refractivity contribution >= 4 is 18.0 Å². The summed E-state index contributed by atoms with van der Waals surface area (Å²) in [7, 11) is 3.05. The molecule has 0 saturated carbocycles. The number of methoxy groups -OCH3 is 2. The number of hydrogen-bond acceptors (Lipinski definition) is 5. The molecule has 0 unspecified atom stereocenters. The molecule has 0 saturated heterocycles. The molecule has 0 radical (unpaired) electrons. The molecular weight excluding hydrogens is 365 g/mol. The Morgan fingerprint density at radius 1 is 1.07 bits per heavy atom. The molecule has 0 atom stereocenters. The van der Waals surface area contributed by atoms with Gasteiger partial charge in [-0.15, -0.1) is 0 Å². The number of nitrogens with one attached hydrogen (secondary N) is 1. The van der Waals surface area contributed by atoms with E-state index in [4.69, 9.17) is 14.2 Å². The summed E-state index contributed by atoms with van der Waals surface area (Å²) in [6, 6.07) is 11.5. The first-order chi connectivity index (χ1) is 13.5. The Bertz CT molecular complexity index is 850. The Morgan fingerprint density at radius 2 is 1.82 bits per heavy atom. The minimum absolute atomic E-state index is 0.249. The quantitative estimate of drug-likeness (QED) is 0.529. The van der Waals surface area contributed by atoms with Crippen LogP contribution in [0.2, 0.25) is 0 Å². The SMILES string of the molecule is COc1ccc(/C=C/C(=O)OCC(=O)NCCc2ccccc2F)cc1OC. The van der Waals surface area contributed by atoms with Gasteiger partial charge in [-0.3, -0.25) is 4.79 Å². The van der Waals surface area contributed by atoms with Gasteiger partial charge in [0.05, 0.1) is 14.2 Å². The van der Waals surface area contributed by atoms with E-state index in [1.807, 2.05) is 0 Å². The highest BCUT2D eigenvalue weighted by atomic mass is 19.1. The van der Waals surface area contributed by atoms with Crippen molar-refractivity contribution in [1.29, 1.82) is 0 Å². The number of halogens is 1. The van der Waals surface area contributed by atoms with Gasteiger partial charge in [-0.05, 0) is 41.8 Å². The third-order valence-electron chi connectivity index (χ3n) is 3.84. The van der Waals surface area contributed by atoms with E-state index in [0.29, 0.717) is 29.0 Å². The maximum Gasteiger partial charge on any atom is 0.331 e. The molecule has 7 heteroatoms. The second kappa shape index (κ2) is 10.7. The predicted molar refractivity (Wildman–Crippen MR) is 103 cm³/mol. The Balaban J connectivity index is 1.75. The van der Waals surface area contributed by atoms with Crippen LogP contribution in [-0.2, 0) is 20.7 Å². The monoisotopic (exact) mass is 387 g/mol. The van der Waals surface area contributed by atoms with Crippen LogP contribution in [0.15, 0.2) is 48.5 Å². The second-order valence-corrected chi connectivity index (χ2v) is 5.75. The largest absolute Gasteiger partial charge is 0.493 e. The van der Waals surface area contributed by atoms with E-state index in [2.05, 4.69) is 5.32 Å². The molecule has 0 aliphatic heterocycles. The molecule has 148 valence electrons. The van der Waals surface area contributed by atoms with Gasteiger partial charge in [0, 0.05) is 12.6 Å². The number of carbonyl (C=O) groups is 2. The number of rotatable bonds is 9. The molecule has 1 amide bonds. The molecule has 0 aliphatic carbocycles. The summed E-state index contributed by atoms with van der Waals surface area (Å²) in [5.41, 5.74) is 1.22. The van der Waals surface area contributed by atoms with Gasteiger partial charge in [0.2, 0.25) is 0 Å². The summed E-state index contributed by atoms with van der Waals surface area (Å²) in [4.78, 5) is 23.5. The molecule has 2 aromatic rings. The average molecular weight is 387 g/mol. The maximum absolute atomic E-state index is 13.5. The van der Waals surface area contributed by atoms with E-state index < -0.39 is 18.5 Å². The zero-order valence-corrected chi connectivity index (χ0v) is 15.7. The standard InChI is InChI=1S/C21H22FNO5/c1-26-18-9-7-15(13-19(18)27-2)8-10-21(25)28-14-20(24)23-12-11-16-5-3-4-6-17(16)22/h3-10,13H,11-12,14H2,1-2H3,(H,23,24)/b10-8+. The molecule has 0 bridgehead atoms. The zero-order chi connectivity index (χ0) is 20.4. The lowest BCUT2D eigenvalue weighted by molar-refractivity contribution is -0.143. The fraction of sp³-hybridized carbons (Fsp3) is 0.238. The van der Waals surface area contributed by atoms with Crippen LogP contribution in [0.1, 0.15) is 11.1 Å². The summed E-state index contributed by atoms with van der Waals surface area (Å²) >= 11 is 0. The summed E-state index contributed by atoms with van der Waals surface area (Å²) in [5, 5.41) is 2.58. The minimum atomic E-state index is -0.654. The van der Waals surface area contributed by atoms with Crippen molar-refractivity contribution in [3.05, 3.63) is 65.5 Å². The first-order valence-corrected chi connectivity index (χ1v) is 8.60. The minimum Gasteiger partial charge on any atom is -0.493 e. The summed E-state index contributed by atoms with van der Waals surface area (Å²) < 4.78 is 28.7. The summed E-state index contributed by atoms with van der Waals surface area (Å²) in [5.74, 6) is -0.312. The lowest BCUT2D eigenvalue weighted by atomic mass is 10.1. The van der Waals surface area contributed by atoms with Crippen molar-refractivity contribution in [1.82, 2.24) is 5.32 Å². The van der Waals surface area contributed by atoms with E-state index in [1.165, 1.54) is 26.4 Å². The molecule has 0 fully saturated rings. The number of amides is 1. The van der Waals surface area contributed by atoms with Crippen molar-refractivity contribution < 1.29 is 28.2 Å². The second-order valence-electron chi connectivity index (χ2n) is 5.75. The first kappa shape index (κ1) is 21.0. The van der Waals surface area contributed by atoms with E-state index in [-0.39, 0.29) is 12.4 Å². The highest BCUT2D eigenvalue weighted by molar-refractivity contribution is 5.89. The van der Waals surface area contributed by atoms with Gasteiger partial charge in [0.1, 0.15) is 5.82 Å². The summed E-state index contributed by atoms with van der Waals surface area (Å²) in [6.45, 7) is -0.162. The van der Waals surface area contributed by atoms with Crippen LogP contribution < -0.4 is 14.8 Å². The van der Waals surface area contributed by atoms with Gasteiger partial charge >= 0.3 is 5.97 Å². The van der Waals surface area contributed by atoms with Crippen LogP contribution in [0.25, 0.3) is 6.08 Å². The average Bonchev–Trinajstić information content (AvgIpc) is 2.71. The van der Waals surface area contributed by atoms with Crippen LogP contribution in [0.5, 0.6) is 11.5 Å².